The average Bonchev–Trinajstić information content (AvgIpc) is 3.34. The summed E-state index contributed by atoms with van der Waals surface area (Å²) in [5.41, 5.74) is 0.661. The molecule has 2 aromatic rings. The van der Waals surface area contributed by atoms with Crippen molar-refractivity contribution in [1.29, 1.82) is 0 Å². The van der Waals surface area contributed by atoms with Gasteiger partial charge in [-0.2, -0.15) is 0 Å². The van der Waals surface area contributed by atoms with E-state index in [0.29, 0.717) is 31.5 Å². The summed E-state index contributed by atoms with van der Waals surface area (Å²) in [6, 6.07) is 7.79. The van der Waals surface area contributed by atoms with Gasteiger partial charge in [-0.25, -0.2) is 12.7 Å². The molecule has 128 valence electrons. The van der Waals surface area contributed by atoms with E-state index in [9.17, 15) is 13.2 Å². The third-order valence-electron chi connectivity index (χ3n) is 4.81. The highest BCUT2D eigenvalue weighted by Crippen LogP contribution is 2.32. The second kappa shape index (κ2) is 6.13. The molecule has 1 saturated heterocycles. The van der Waals surface area contributed by atoms with Crippen LogP contribution in [-0.4, -0.2) is 43.0 Å². The van der Waals surface area contributed by atoms with Gasteiger partial charge in [-0.3, -0.25) is 4.79 Å². The molecule has 2 fully saturated rings. The maximum Gasteiger partial charge on any atom is 0.251 e. The van der Waals surface area contributed by atoms with E-state index in [2.05, 4.69) is 5.32 Å². The minimum atomic E-state index is -3.09. The molecule has 4 rings (SSSR count). The fraction of sp³-hybridized carbons (Fsp3) is 0.471. The molecule has 1 aromatic heterocycles. The molecule has 7 heteroatoms. The van der Waals surface area contributed by atoms with Crippen LogP contribution in [0.1, 0.15) is 36.0 Å². The van der Waals surface area contributed by atoms with Crippen LogP contribution in [0.4, 0.5) is 0 Å². The summed E-state index contributed by atoms with van der Waals surface area (Å²) in [6.45, 7) is 1.01. The van der Waals surface area contributed by atoms with Crippen molar-refractivity contribution in [3.63, 3.8) is 0 Å². The van der Waals surface area contributed by atoms with Gasteiger partial charge in [0.25, 0.3) is 5.91 Å². The number of sulfonamides is 1. The molecular formula is C17H20N2O3S2. The van der Waals surface area contributed by atoms with Crippen LogP contribution in [0.2, 0.25) is 0 Å². The Hall–Kier alpha value is -1.44. The summed E-state index contributed by atoms with van der Waals surface area (Å²) in [5.74, 6) is -0.0772. The maximum absolute atomic E-state index is 12.4. The topological polar surface area (TPSA) is 66.5 Å². The fourth-order valence-corrected chi connectivity index (χ4v) is 5.85. The van der Waals surface area contributed by atoms with E-state index in [-0.39, 0.29) is 17.2 Å². The van der Waals surface area contributed by atoms with Crippen LogP contribution >= 0.6 is 11.3 Å². The molecule has 1 N–H and O–H groups in total. The number of amides is 1. The minimum absolute atomic E-state index is 0.0429. The third-order valence-corrected chi connectivity index (χ3v) is 8.11. The van der Waals surface area contributed by atoms with Gasteiger partial charge < -0.3 is 5.32 Å². The van der Waals surface area contributed by atoms with Crippen molar-refractivity contribution >= 4 is 37.4 Å². The monoisotopic (exact) mass is 364 g/mol. The first-order chi connectivity index (χ1) is 11.5. The number of thiophene rings is 1. The van der Waals surface area contributed by atoms with E-state index in [1.165, 1.54) is 4.70 Å². The molecule has 1 aliphatic carbocycles. The lowest BCUT2D eigenvalue weighted by Crippen LogP contribution is -2.47. The Morgan fingerprint density at radius 3 is 2.58 bits per heavy atom. The highest BCUT2D eigenvalue weighted by molar-refractivity contribution is 7.90. The van der Waals surface area contributed by atoms with E-state index in [0.717, 1.165) is 18.2 Å². The zero-order valence-electron chi connectivity index (χ0n) is 13.3. The zero-order chi connectivity index (χ0) is 16.7. The minimum Gasteiger partial charge on any atom is -0.349 e. The molecule has 5 nitrogen and oxygen atoms in total. The standard InChI is InChI=1S/C17H20N2O3S2/c20-17(13-1-4-16-12(11-13)7-10-23-16)18-14-5-8-19(9-6-14)24(21,22)15-2-3-15/h1,4,7,10-11,14-15H,2-3,5-6,8-9H2,(H,18,20). The Morgan fingerprint density at radius 1 is 1.12 bits per heavy atom. The highest BCUT2D eigenvalue weighted by atomic mass is 32.2. The first-order valence-electron chi connectivity index (χ1n) is 8.31. The summed E-state index contributed by atoms with van der Waals surface area (Å²) in [5, 5.41) is 6.00. The van der Waals surface area contributed by atoms with Crippen molar-refractivity contribution in [2.24, 2.45) is 0 Å². The van der Waals surface area contributed by atoms with Gasteiger partial charge in [0.1, 0.15) is 0 Å². The quantitative estimate of drug-likeness (QED) is 0.907. The lowest BCUT2D eigenvalue weighted by Gasteiger charge is -2.31. The number of piperidine rings is 1. The Balaban J connectivity index is 1.37. The lowest BCUT2D eigenvalue weighted by molar-refractivity contribution is 0.0924. The maximum atomic E-state index is 12.4. The number of benzene rings is 1. The third kappa shape index (κ3) is 3.08. The van der Waals surface area contributed by atoms with E-state index in [1.54, 1.807) is 15.6 Å². The molecule has 2 aliphatic rings. The zero-order valence-corrected chi connectivity index (χ0v) is 14.9. The van der Waals surface area contributed by atoms with Gasteiger partial charge in [-0.1, -0.05) is 0 Å². The number of fused-ring (bicyclic) bond motifs is 1. The Kier molecular flexibility index (Phi) is 4.10. The second-order valence-electron chi connectivity index (χ2n) is 6.56. The van der Waals surface area contributed by atoms with Crippen molar-refractivity contribution in [2.75, 3.05) is 13.1 Å². The van der Waals surface area contributed by atoms with Gasteiger partial charge in [-0.05, 0) is 60.7 Å². The normalized spacial score (nSPS) is 20.3. The van der Waals surface area contributed by atoms with Gasteiger partial charge >= 0.3 is 0 Å². The largest absolute Gasteiger partial charge is 0.349 e. The van der Waals surface area contributed by atoms with Crippen molar-refractivity contribution in [2.45, 2.75) is 37.0 Å². The van der Waals surface area contributed by atoms with E-state index in [1.807, 2.05) is 29.6 Å². The second-order valence-corrected chi connectivity index (χ2v) is 9.72. The smallest absolute Gasteiger partial charge is 0.251 e. The Labute approximate surface area is 145 Å². The molecule has 1 amide bonds. The van der Waals surface area contributed by atoms with Crippen LogP contribution in [0, 0.1) is 0 Å². The number of nitrogens with one attached hydrogen (secondary N) is 1. The number of hydrogen-bond acceptors (Lipinski definition) is 4. The number of rotatable bonds is 4. The first-order valence-corrected chi connectivity index (χ1v) is 10.7. The van der Waals surface area contributed by atoms with Gasteiger partial charge in [0.2, 0.25) is 10.0 Å². The van der Waals surface area contributed by atoms with Crippen LogP contribution in [0.15, 0.2) is 29.6 Å². The lowest BCUT2D eigenvalue weighted by atomic mass is 10.1. The Bertz CT molecular complexity index is 863. The fourth-order valence-electron chi connectivity index (χ4n) is 3.21. The van der Waals surface area contributed by atoms with Gasteiger partial charge in [0.05, 0.1) is 5.25 Å². The van der Waals surface area contributed by atoms with Crippen LogP contribution in [0.5, 0.6) is 0 Å². The van der Waals surface area contributed by atoms with Crippen molar-refractivity contribution in [3.05, 3.63) is 35.2 Å². The van der Waals surface area contributed by atoms with E-state index >= 15 is 0 Å². The molecule has 1 aromatic carbocycles. The Morgan fingerprint density at radius 2 is 1.88 bits per heavy atom. The van der Waals surface area contributed by atoms with Crippen molar-refractivity contribution in [1.82, 2.24) is 9.62 Å². The summed E-state index contributed by atoms with van der Waals surface area (Å²) < 4.78 is 27.2. The molecule has 0 unspecified atom stereocenters. The molecule has 2 heterocycles. The van der Waals surface area contributed by atoms with Crippen LogP contribution in [0.25, 0.3) is 10.1 Å². The highest BCUT2D eigenvalue weighted by Gasteiger charge is 2.41. The number of nitrogens with zero attached hydrogens (tertiary/aromatic N) is 1. The average molecular weight is 364 g/mol. The number of hydrogen-bond donors (Lipinski definition) is 1. The molecule has 24 heavy (non-hydrogen) atoms. The molecular weight excluding hydrogens is 344 g/mol. The van der Waals surface area contributed by atoms with Crippen molar-refractivity contribution < 1.29 is 13.2 Å². The van der Waals surface area contributed by atoms with E-state index < -0.39 is 10.0 Å². The molecule has 0 bridgehead atoms. The SMILES string of the molecule is O=C(NC1CCN(S(=O)(=O)C2CC2)CC1)c1ccc2sccc2c1. The van der Waals surface area contributed by atoms with Gasteiger partial charge in [0.15, 0.2) is 0 Å². The summed E-state index contributed by atoms with van der Waals surface area (Å²) in [7, 11) is -3.09. The van der Waals surface area contributed by atoms with Crippen LogP contribution < -0.4 is 5.32 Å². The molecule has 1 saturated carbocycles. The van der Waals surface area contributed by atoms with E-state index in [4.69, 9.17) is 0 Å². The number of carbonyl (C=O) groups excluding carboxylic acids is 1. The van der Waals surface area contributed by atoms with Gasteiger partial charge in [0, 0.05) is 29.4 Å². The van der Waals surface area contributed by atoms with Crippen molar-refractivity contribution in [3.8, 4) is 0 Å². The number of carbonyl (C=O) groups is 1. The van der Waals surface area contributed by atoms with Crippen LogP contribution in [0.3, 0.4) is 0 Å². The molecule has 1 aliphatic heterocycles. The molecule has 0 atom stereocenters. The summed E-state index contributed by atoms with van der Waals surface area (Å²) in [6.07, 6.45) is 2.95. The van der Waals surface area contributed by atoms with Crippen LogP contribution in [-0.2, 0) is 10.0 Å². The summed E-state index contributed by atoms with van der Waals surface area (Å²) >= 11 is 1.66. The predicted molar refractivity (Wildman–Crippen MR) is 95.8 cm³/mol. The molecule has 0 radical (unpaired) electrons. The molecule has 0 spiro atoms. The van der Waals surface area contributed by atoms with Gasteiger partial charge in [-0.15, -0.1) is 11.3 Å². The first kappa shape index (κ1) is 16.1. The summed E-state index contributed by atoms with van der Waals surface area (Å²) in [4.78, 5) is 12.4. The predicted octanol–water partition coefficient (Wildman–Crippen LogP) is 2.59.